The van der Waals surface area contributed by atoms with E-state index < -0.39 is 10.0 Å². The fraction of sp³-hybridized carbons (Fsp3) is 0.348. The summed E-state index contributed by atoms with van der Waals surface area (Å²) >= 11 is 0. The highest BCUT2D eigenvalue weighted by atomic mass is 32.2. The Morgan fingerprint density at radius 2 is 1.71 bits per heavy atom. The smallest absolute Gasteiger partial charge is 0.268 e. The van der Waals surface area contributed by atoms with Crippen molar-refractivity contribution in [3.05, 3.63) is 71.3 Å². The van der Waals surface area contributed by atoms with E-state index in [9.17, 15) is 13.2 Å². The number of amides is 1. The summed E-state index contributed by atoms with van der Waals surface area (Å²) in [5, 5.41) is 0. The van der Waals surface area contributed by atoms with Gasteiger partial charge in [0.2, 0.25) is 0 Å². The van der Waals surface area contributed by atoms with Crippen LogP contribution >= 0.6 is 0 Å². The average Bonchev–Trinajstić information content (AvgIpc) is 2.86. The molecule has 1 atom stereocenters. The van der Waals surface area contributed by atoms with Crippen LogP contribution < -0.4 is 0 Å². The Hall–Kier alpha value is -2.40. The first kappa shape index (κ1) is 18.9. The highest BCUT2D eigenvalue weighted by Crippen LogP contribution is 2.43. The zero-order valence-electron chi connectivity index (χ0n) is 16.1. The van der Waals surface area contributed by atoms with Crippen LogP contribution in [0.5, 0.6) is 0 Å². The molecular weight excluding hydrogens is 370 g/mol. The van der Waals surface area contributed by atoms with Gasteiger partial charge in [-0.15, -0.1) is 0 Å². The lowest BCUT2D eigenvalue weighted by Gasteiger charge is -2.27. The normalized spacial score (nSPS) is 19.4. The van der Waals surface area contributed by atoms with Crippen molar-refractivity contribution in [3.63, 3.8) is 0 Å². The lowest BCUT2D eigenvalue weighted by atomic mass is 9.94. The van der Waals surface area contributed by atoms with E-state index in [2.05, 4.69) is 6.92 Å². The van der Waals surface area contributed by atoms with Crippen molar-refractivity contribution in [2.75, 3.05) is 0 Å². The number of carbonyl (C=O) groups is 1. The summed E-state index contributed by atoms with van der Waals surface area (Å²) in [6, 6.07) is 15.9. The van der Waals surface area contributed by atoms with Gasteiger partial charge >= 0.3 is 0 Å². The molecule has 0 radical (unpaired) electrons. The molecule has 1 heterocycles. The standard InChI is InChI=1S/C23H25NO3S/c1-2-3-16-21-20-15-9-11-17-10-7-8-14-19(17)22(20)23(25)24(21)28(26,27)18-12-5-4-6-13-18/h4-8,10,12-14,21H,2-3,9,11,15-16H2,1H3. The maximum absolute atomic E-state index is 13.5. The molecule has 1 amide bonds. The van der Waals surface area contributed by atoms with E-state index in [1.807, 2.05) is 24.3 Å². The average molecular weight is 396 g/mol. The van der Waals surface area contributed by atoms with Gasteiger partial charge in [-0.25, -0.2) is 12.7 Å². The number of hydrogen-bond donors (Lipinski definition) is 0. The Morgan fingerprint density at radius 1 is 1.00 bits per heavy atom. The fourth-order valence-corrected chi connectivity index (χ4v) is 6.01. The number of unbranched alkanes of at least 4 members (excludes halogenated alkanes) is 1. The first-order chi connectivity index (χ1) is 13.6. The molecule has 2 aliphatic rings. The van der Waals surface area contributed by atoms with Gasteiger partial charge in [-0.2, -0.15) is 0 Å². The third-order valence-corrected chi connectivity index (χ3v) is 7.54. The molecule has 0 aromatic heterocycles. The maximum atomic E-state index is 13.5. The summed E-state index contributed by atoms with van der Waals surface area (Å²) in [7, 11) is -3.90. The minimum Gasteiger partial charge on any atom is -0.268 e. The molecule has 1 aliphatic heterocycles. The monoisotopic (exact) mass is 395 g/mol. The Labute approximate surface area is 166 Å². The molecule has 0 N–H and O–H groups in total. The van der Waals surface area contributed by atoms with Gasteiger partial charge in [-0.05, 0) is 54.5 Å². The van der Waals surface area contributed by atoms with Crippen LogP contribution in [-0.4, -0.2) is 24.7 Å². The molecule has 2 aromatic rings. The van der Waals surface area contributed by atoms with Gasteiger partial charge in [-0.1, -0.05) is 62.2 Å². The van der Waals surface area contributed by atoms with Crippen LogP contribution in [0.4, 0.5) is 0 Å². The molecule has 2 aromatic carbocycles. The number of aryl methyl sites for hydroxylation is 1. The second-order valence-corrected chi connectivity index (χ2v) is 9.30. The van der Waals surface area contributed by atoms with Crippen LogP contribution in [-0.2, 0) is 21.2 Å². The van der Waals surface area contributed by atoms with Crippen molar-refractivity contribution < 1.29 is 13.2 Å². The van der Waals surface area contributed by atoms with E-state index in [-0.39, 0.29) is 16.8 Å². The van der Waals surface area contributed by atoms with E-state index >= 15 is 0 Å². The first-order valence-electron chi connectivity index (χ1n) is 10.0. The van der Waals surface area contributed by atoms with Gasteiger partial charge in [0.25, 0.3) is 15.9 Å². The lowest BCUT2D eigenvalue weighted by molar-refractivity contribution is -0.120. The summed E-state index contributed by atoms with van der Waals surface area (Å²) in [6.07, 6.45) is 5.15. The molecule has 28 heavy (non-hydrogen) atoms. The maximum Gasteiger partial charge on any atom is 0.268 e. The second-order valence-electron chi connectivity index (χ2n) is 7.49. The highest BCUT2D eigenvalue weighted by Gasteiger charge is 2.46. The van der Waals surface area contributed by atoms with E-state index in [0.717, 1.165) is 48.8 Å². The quantitative estimate of drug-likeness (QED) is 0.745. The van der Waals surface area contributed by atoms with Crippen LogP contribution in [0.15, 0.2) is 65.1 Å². The van der Waals surface area contributed by atoms with Crippen molar-refractivity contribution in [1.29, 1.82) is 0 Å². The van der Waals surface area contributed by atoms with Crippen LogP contribution in [0.3, 0.4) is 0 Å². The second kappa shape index (κ2) is 7.55. The Balaban J connectivity index is 1.86. The highest BCUT2D eigenvalue weighted by molar-refractivity contribution is 7.89. The van der Waals surface area contributed by atoms with Gasteiger partial charge in [0, 0.05) is 5.57 Å². The number of rotatable bonds is 5. The number of sulfonamides is 1. The van der Waals surface area contributed by atoms with E-state index in [4.69, 9.17) is 0 Å². The van der Waals surface area contributed by atoms with Crippen molar-refractivity contribution in [2.45, 2.75) is 56.4 Å². The van der Waals surface area contributed by atoms with Gasteiger partial charge in [0.15, 0.2) is 0 Å². The predicted octanol–water partition coefficient (Wildman–Crippen LogP) is 4.57. The summed E-state index contributed by atoms with van der Waals surface area (Å²) < 4.78 is 28.0. The van der Waals surface area contributed by atoms with Crippen molar-refractivity contribution in [3.8, 4) is 0 Å². The van der Waals surface area contributed by atoms with Gasteiger partial charge in [0.05, 0.1) is 10.9 Å². The predicted molar refractivity (Wildman–Crippen MR) is 110 cm³/mol. The SMILES string of the molecule is CCCCC1C2=C(C(=O)N1S(=O)(=O)c1ccccc1)c1ccccc1CCC2. The number of nitrogens with zero attached hydrogens (tertiary/aromatic N) is 1. The summed E-state index contributed by atoms with van der Waals surface area (Å²) in [5.41, 5.74) is 3.66. The molecule has 0 saturated heterocycles. The van der Waals surface area contributed by atoms with Gasteiger partial charge in [-0.3, -0.25) is 4.79 Å². The van der Waals surface area contributed by atoms with Crippen LogP contribution in [0, 0.1) is 0 Å². The minimum absolute atomic E-state index is 0.177. The Morgan fingerprint density at radius 3 is 2.46 bits per heavy atom. The number of benzene rings is 2. The van der Waals surface area contributed by atoms with Crippen molar-refractivity contribution in [1.82, 2.24) is 4.31 Å². The topological polar surface area (TPSA) is 54.5 Å². The summed E-state index contributed by atoms with van der Waals surface area (Å²) in [4.78, 5) is 13.7. The van der Waals surface area contributed by atoms with Crippen LogP contribution in [0.2, 0.25) is 0 Å². The third kappa shape index (κ3) is 3.08. The molecule has 0 spiro atoms. The zero-order valence-corrected chi connectivity index (χ0v) is 16.9. The number of fused-ring (bicyclic) bond motifs is 2. The minimum atomic E-state index is -3.90. The molecule has 0 fully saturated rings. The van der Waals surface area contributed by atoms with Gasteiger partial charge in [0.1, 0.15) is 0 Å². The molecular formula is C23H25NO3S. The number of hydrogen-bond acceptors (Lipinski definition) is 3. The van der Waals surface area contributed by atoms with E-state index in [1.165, 1.54) is 4.31 Å². The number of carbonyl (C=O) groups excluding carboxylic acids is 1. The molecule has 5 heteroatoms. The zero-order chi connectivity index (χ0) is 19.7. The molecule has 4 rings (SSSR count). The fourth-order valence-electron chi connectivity index (χ4n) is 4.40. The molecule has 1 unspecified atom stereocenters. The van der Waals surface area contributed by atoms with Crippen LogP contribution in [0.1, 0.15) is 50.2 Å². The largest absolute Gasteiger partial charge is 0.268 e. The Bertz CT molecular complexity index is 1020. The third-order valence-electron chi connectivity index (χ3n) is 5.73. The Kier molecular flexibility index (Phi) is 5.11. The first-order valence-corrected chi connectivity index (χ1v) is 11.4. The van der Waals surface area contributed by atoms with Crippen molar-refractivity contribution in [2.24, 2.45) is 0 Å². The van der Waals surface area contributed by atoms with Gasteiger partial charge < -0.3 is 0 Å². The molecule has 4 nitrogen and oxygen atoms in total. The van der Waals surface area contributed by atoms with E-state index in [1.54, 1.807) is 30.3 Å². The molecule has 1 aliphatic carbocycles. The summed E-state index contributed by atoms with van der Waals surface area (Å²) in [5.74, 6) is -0.366. The summed E-state index contributed by atoms with van der Waals surface area (Å²) in [6.45, 7) is 2.09. The molecule has 146 valence electrons. The van der Waals surface area contributed by atoms with Crippen LogP contribution in [0.25, 0.3) is 5.57 Å². The van der Waals surface area contributed by atoms with E-state index in [0.29, 0.717) is 12.0 Å². The molecule has 0 saturated carbocycles. The van der Waals surface area contributed by atoms with Crippen molar-refractivity contribution >= 4 is 21.5 Å². The lowest BCUT2D eigenvalue weighted by Crippen LogP contribution is -2.41. The molecule has 0 bridgehead atoms.